The van der Waals surface area contributed by atoms with Crippen LogP contribution in [0, 0.1) is 5.82 Å². The molecule has 0 saturated heterocycles. The molecule has 0 unspecified atom stereocenters. The molecule has 0 aliphatic rings. The van der Waals surface area contributed by atoms with Crippen LogP contribution in [-0.2, 0) is 16.6 Å². The number of aromatic nitrogens is 1. The van der Waals surface area contributed by atoms with Gasteiger partial charge in [-0.25, -0.2) is 17.8 Å². The van der Waals surface area contributed by atoms with Gasteiger partial charge in [0.2, 0.25) is 5.88 Å². The molecule has 0 aliphatic carbocycles. The van der Waals surface area contributed by atoms with Crippen LogP contribution in [-0.4, -0.2) is 32.1 Å². The Morgan fingerprint density at radius 3 is 2.45 bits per heavy atom. The molecule has 7 nitrogen and oxygen atoms in total. The van der Waals surface area contributed by atoms with Gasteiger partial charge in [-0.2, -0.15) is 13.2 Å². The fourth-order valence-electron chi connectivity index (χ4n) is 2.62. The Hall–Kier alpha value is -3.67. The molecule has 1 aromatic heterocycles. The van der Waals surface area contributed by atoms with Gasteiger partial charge in [-0.15, -0.1) is 0 Å². The van der Waals surface area contributed by atoms with Crippen molar-refractivity contribution in [3.63, 3.8) is 0 Å². The zero-order valence-corrected chi connectivity index (χ0v) is 17.6. The van der Waals surface area contributed by atoms with E-state index in [1.54, 1.807) is 0 Å². The molecular formula is C21H17F4N3O4S. The van der Waals surface area contributed by atoms with Crippen molar-refractivity contribution in [1.29, 1.82) is 0 Å². The lowest BCUT2D eigenvalue weighted by Gasteiger charge is -2.11. The molecule has 0 spiro atoms. The van der Waals surface area contributed by atoms with E-state index in [0.717, 1.165) is 18.2 Å². The lowest BCUT2D eigenvalue weighted by molar-refractivity contribution is -0.154. The number of nitrogens with zero attached hydrogens (tertiary/aromatic N) is 1. The average Bonchev–Trinajstić information content (AvgIpc) is 2.77. The fourth-order valence-corrected chi connectivity index (χ4v) is 3.72. The quantitative estimate of drug-likeness (QED) is 0.474. The number of ether oxygens (including phenoxy) is 1. The van der Waals surface area contributed by atoms with E-state index in [-0.39, 0.29) is 28.6 Å². The number of anilines is 1. The maximum atomic E-state index is 13.0. The Bertz CT molecular complexity index is 1230. The Balaban J connectivity index is 1.65. The minimum Gasteiger partial charge on any atom is -0.468 e. The number of benzene rings is 2. The van der Waals surface area contributed by atoms with Gasteiger partial charge in [0.05, 0.1) is 4.90 Å². The second kappa shape index (κ2) is 9.86. The third-order valence-corrected chi connectivity index (χ3v) is 5.52. The molecule has 1 heterocycles. The summed E-state index contributed by atoms with van der Waals surface area (Å²) in [6.45, 7) is -1.56. The number of hydrogen-bond acceptors (Lipinski definition) is 5. The van der Waals surface area contributed by atoms with Gasteiger partial charge in [0.1, 0.15) is 5.82 Å². The number of nitrogens with one attached hydrogen (secondary N) is 2. The van der Waals surface area contributed by atoms with Crippen LogP contribution < -0.4 is 14.8 Å². The number of halogens is 4. The van der Waals surface area contributed by atoms with Gasteiger partial charge in [-0.3, -0.25) is 9.52 Å². The highest BCUT2D eigenvalue weighted by molar-refractivity contribution is 7.92. The second-order valence-corrected chi connectivity index (χ2v) is 8.41. The molecule has 1 amide bonds. The number of amides is 1. The van der Waals surface area contributed by atoms with Crippen molar-refractivity contribution in [2.75, 3.05) is 11.3 Å². The summed E-state index contributed by atoms with van der Waals surface area (Å²) in [5, 5.41) is 2.55. The summed E-state index contributed by atoms with van der Waals surface area (Å²) in [5.74, 6) is -1.38. The van der Waals surface area contributed by atoms with E-state index in [1.807, 2.05) is 0 Å². The van der Waals surface area contributed by atoms with Crippen LogP contribution >= 0.6 is 0 Å². The number of alkyl halides is 3. The summed E-state index contributed by atoms with van der Waals surface area (Å²) in [6.07, 6.45) is -3.27. The minimum absolute atomic E-state index is 0.0413. The summed E-state index contributed by atoms with van der Waals surface area (Å²) in [4.78, 5) is 16.0. The van der Waals surface area contributed by atoms with Crippen LogP contribution in [0.1, 0.15) is 15.9 Å². The third-order valence-electron chi connectivity index (χ3n) is 4.14. The first kappa shape index (κ1) is 24.0. The van der Waals surface area contributed by atoms with E-state index in [0.29, 0.717) is 5.56 Å². The van der Waals surface area contributed by atoms with Gasteiger partial charge in [-0.05, 0) is 54.1 Å². The molecular weight excluding hydrogens is 466 g/mol. The van der Waals surface area contributed by atoms with Crippen LogP contribution in [0.3, 0.4) is 0 Å². The zero-order valence-electron chi connectivity index (χ0n) is 16.8. The molecule has 0 aliphatic heterocycles. The molecule has 2 N–H and O–H groups in total. The Kier molecular flexibility index (Phi) is 7.16. The predicted molar refractivity (Wildman–Crippen MR) is 111 cm³/mol. The van der Waals surface area contributed by atoms with E-state index in [2.05, 4.69) is 19.8 Å². The summed E-state index contributed by atoms with van der Waals surface area (Å²) in [7, 11) is -4.04. The molecule has 0 radical (unpaired) electrons. The lowest BCUT2D eigenvalue weighted by Crippen LogP contribution is -2.23. The summed E-state index contributed by atoms with van der Waals surface area (Å²) in [6, 6.07) is 12.7. The van der Waals surface area contributed by atoms with Crippen molar-refractivity contribution in [1.82, 2.24) is 10.3 Å². The molecule has 3 aromatic rings. The van der Waals surface area contributed by atoms with Crippen molar-refractivity contribution in [3.05, 3.63) is 83.8 Å². The first-order valence-electron chi connectivity index (χ1n) is 9.33. The van der Waals surface area contributed by atoms with Gasteiger partial charge in [0.25, 0.3) is 15.9 Å². The molecule has 2 aromatic carbocycles. The summed E-state index contributed by atoms with van der Waals surface area (Å²) >= 11 is 0. The highest BCUT2D eigenvalue weighted by atomic mass is 32.2. The second-order valence-electron chi connectivity index (χ2n) is 6.73. The van der Waals surface area contributed by atoms with Gasteiger partial charge in [0.15, 0.2) is 6.61 Å². The number of rotatable bonds is 8. The van der Waals surface area contributed by atoms with E-state index >= 15 is 0 Å². The molecule has 0 bridgehead atoms. The zero-order chi connectivity index (χ0) is 24.1. The molecule has 0 atom stereocenters. The average molecular weight is 483 g/mol. The first-order chi connectivity index (χ1) is 15.5. The molecule has 12 heteroatoms. The largest absolute Gasteiger partial charge is 0.468 e. The topological polar surface area (TPSA) is 97.4 Å². The van der Waals surface area contributed by atoms with Crippen LogP contribution in [0.25, 0.3) is 0 Å². The fraction of sp³-hybridized carbons (Fsp3) is 0.143. The van der Waals surface area contributed by atoms with Gasteiger partial charge < -0.3 is 10.1 Å². The normalized spacial score (nSPS) is 11.6. The van der Waals surface area contributed by atoms with E-state index in [4.69, 9.17) is 0 Å². The standard InChI is InChI=1S/C21H17F4N3O4S/c22-16-4-6-17(7-5-16)28-33(30,31)18-3-1-2-15(11-18)20(29)27-12-14-8-9-26-19(10-14)32-13-21(23,24)25/h1-11,28H,12-13H2,(H,27,29). The highest BCUT2D eigenvalue weighted by Crippen LogP contribution is 2.19. The summed E-state index contributed by atoms with van der Waals surface area (Å²) in [5.41, 5.74) is 0.615. The molecule has 0 fully saturated rings. The first-order valence-corrected chi connectivity index (χ1v) is 10.8. The van der Waals surface area contributed by atoms with Crippen molar-refractivity contribution in [3.8, 4) is 5.88 Å². The van der Waals surface area contributed by atoms with Crippen LogP contribution in [0.2, 0.25) is 0 Å². The predicted octanol–water partition coefficient (Wildman–Crippen LogP) is 3.89. The number of hydrogen-bond donors (Lipinski definition) is 2. The smallest absolute Gasteiger partial charge is 0.422 e. The monoisotopic (exact) mass is 483 g/mol. The van der Waals surface area contributed by atoms with E-state index < -0.39 is 34.5 Å². The van der Waals surface area contributed by atoms with Crippen molar-refractivity contribution >= 4 is 21.6 Å². The minimum atomic E-state index is -4.51. The SMILES string of the molecule is O=C(NCc1ccnc(OCC(F)(F)F)c1)c1cccc(S(=O)(=O)Nc2ccc(F)cc2)c1. The van der Waals surface area contributed by atoms with Crippen molar-refractivity contribution in [2.24, 2.45) is 0 Å². The Labute approximate surface area is 186 Å². The van der Waals surface area contributed by atoms with E-state index in [1.165, 1.54) is 48.7 Å². The summed E-state index contributed by atoms with van der Waals surface area (Å²) < 4.78 is 81.8. The number of carbonyl (C=O) groups is 1. The van der Waals surface area contributed by atoms with Crippen LogP contribution in [0.4, 0.5) is 23.2 Å². The molecule has 174 valence electrons. The van der Waals surface area contributed by atoms with Gasteiger partial charge in [-0.1, -0.05) is 6.07 Å². The third kappa shape index (κ3) is 7.17. The van der Waals surface area contributed by atoms with Crippen molar-refractivity contribution < 1.29 is 35.5 Å². The number of sulfonamides is 1. The van der Waals surface area contributed by atoms with Crippen molar-refractivity contribution in [2.45, 2.75) is 17.6 Å². The number of pyridine rings is 1. The van der Waals surface area contributed by atoms with E-state index in [9.17, 15) is 30.8 Å². The lowest BCUT2D eigenvalue weighted by atomic mass is 10.2. The molecule has 3 rings (SSSR count). The Morgan fingerprint density at radius 2 is 1.76 bits per heavy atom. The maximum Gasteiger partial charge on any atom is 0.422 e. The van der Waals surface area contributed by atoms with Crippen LogP contribution in [0.5, 0.6) is 5.88 Å². The number of carbonyl (C=O) groups excluding carboxylic acids is 1. The van der Waals surface area contributed by atoms with Crippen LogP contribution in [0.15, 0.2) is 71.8 Å². The Morgan fingerprint density at radius 1 is 1.03 bits per heavy atom. The molecule has 33 heavy (non-hydrogen) atoms. The highest BCUT2D eigenvalue weighted by Gasteiger charge is 2.28. The van der Waals surface area contributed by atoms with Gasteiger partial charge >= 0.3 is 6.18 Å². The maximum absolute atomic E-state index is 13.0. The molecule has 0 saturated carbocycles. The van der Waals surface area contributed by atoms with Gasteiger partial charge in [0, 0.05) is 30.1 Å².